The zero-order chi connectivity index (χ0) is 14.0. The molecule has 0 radical (unpaired) electrons. The van der Waals surface area contributed by atoms with Crippen molar-refractivity contribution in [3.8, 4) is 0 Å². The van der Waals surface area contributed by atoms with Gasteiger partial charge >= 0.3 is 12.3 Å². The van der Waals surface area contributed by atoms with Crippen LogP contribution in [0.5, 0.6) is 0 Å². The smallest absolute Gasteiger partial charge is 0.462 e. The number of carbonyl (C=O) groups excluding carboxylic acids is 1. The SMILES string of the molecule is CCOC(=O)c1ccccc1N(C1CC1)C(F)(F)F. The van der Waals surface area contributed by atoms with Crippen LogP contribution in [0.3, 0.4) is 0 Å². The molecule has 0 atom stereocenters. The van der Waals surface area contributed by atoms with Crippen molar-refractivity contribution in [2.45, 2.75) is 32.1 Å². The third kappa shape index (κ3) is 3.00. The van der Waals surface area contributed by atoms with Crippen LogP contribution in [0.4, 0.5) is 18.9 Å². The zero-order valence-corrected chi connectivity index (χ0v) is 10.4. The average Bonchev–Trinajstić information content (AvgIpc) is 3.13. The van der Waals surface area contributed by atoms with E-state index in [1.165, 1.54) is 24.3 Å². The van der Waals surface area contributed by atoms with Crippen LogP contribution in [0.15, 0.2) is 24.3 Å². The Hall–Kier alpha value is -1.72. The monoisotopic (exact) mass is 273 g/mol. The van der Waals surface area contributed by atoms with Gasteiger partial charge < -0.3 is 4.74 Å². The Kier molecular flexibility index (Phi) is 3.68. The number of hydrogen-bond donors (Lipinski definition) is 0. The average molecular weight is 273 g/mol. The molecular formula is C13H14F3NO2. The van der Waals surface area contributed by atoms with E-state index in [9.17, 15) is 18.0 Å². The van der Waals surface area contributed by atoms with Crippen molar-refractivity contribution in [1.82, 2.24) is 0 Å². The topological polar surface area (TPSA) is 29.5 Å². The maximum Gasteiger partial charge on any atom is 0.485 e. The molecule has 1 aromatic rings. The molecule has 1 saturated carbocycles. The van der Waals surface area contributed by atoms with Crippen molar-refractivity contribution in [3.05, 3.63) is 29.8 Å². The van der Waals surface area contributed by atoms with Crippen LogP contribution in [0.25, 0.3) is 0 Å². The molecule has 0 aliphatic heterocycles. The molecule has 1 aliphatic rings. The van der Waals surface area contributed by atoms with E-state index in [4.69, 9.17) is 4.74 Å². The molecule has 0 bridgehead atoms. The van der Waals surface area contributed by atoms with Crippen molar-refractivity contribution in [1.29, 1.82) is 0 Å². The number of alkyl halides is 3. The number of para-hydroxylation sites is 1. The molecule has 0 N–H and O–H groups in total. The Balaban J connectivity index is 2.40. The maximum absolute atomic E-state index is 13.1. The highest BCUT2D eigenvalue weighted by Gasteiger charge is 2.47. The number of rotatable bonds is 4. The van der Waals surface area contributed by atoms with Crippen molar-refractivity contribution in [2.75, 3.05) is 11.5 Å². The number of esters is 1. The lowest BCUT2D eigenvalue weighted by Gasteiger charge is -2.28. The Morgan fingerprint density at radius 3 is 2.53 bits per heavy atom. The number of ether oxygens (including phenoxy) is 1. The summed E-state index contributed by atoms with van der Waals surface area (Å²) in [5, 5.41) is 0. The van der Waals surface area contributed by atoms with E-state index in [2.05, 4.69) is 0 Å². The summed E-state index contributed by atoms with van der Waals surface area (Å²) in [4.78, 5) is 12.1. The molecule has 0 spiro atoms. The fourth-order valence-corrected chi connectivity index (χ4v) is 1.94. The Bertz CT molecular complexity index is 469. The normalized spacial score (nSPS) is 15.2. The third-order valence-electron chi connectivity index (χ3n) is 2.84. The number of hydrogen-bond acceptors (Lipinski definition) is 3. The lowest BCUT2D eigenvalue weighted by Crippen LogP contribution is -2.40. The van der Waals surface area contributed by atoms with Gasteiger partial charge in [-0.1, -0.05) is 12.1 Å². The molecule has 3 nitrogen and oxygen atoms in total. The summed E-state index contributed by atoms with van der Waals surface area (Å²) in [7, 11) is 0. The molecule has 1 fully saturated rings. The number of benzene rings is 1. The Morgan fingerprint density at radius 1 is 1.37 bits per heavy atom. The van der Waals surface area contributed by atoms with Gasteiger partial charge in [-0.2, -0.15) is 13.2 Å². The van der Waals surface area contributed by atoms with Crippen molar-refractivity contribution >= 4 is 11.7 Å². The molecule has 0 saturated heterocycles. The van der Waals surface area contributed by atoms with Crippen LogP contribution < -0.4 is 4.90 Å². The fourth-order valence-electron chi connectivity index (χ4n) is 1.94. The molecule has 19 heavy (non-hydrogen) atoms. The van der Waals surface area contributed by atoms with Gasteiger partial charge in [0.25, 0.3) is 0 Å². The summed E-state index contributed by atoms with van der Waals surface area (Å²) < 4.78 is 44.1. The third-order valence-corrected chi connectivity index (χ3v) is 2.84. The van der Waals surface area contributed by atoms with Gasteiger partial charge in [0.15, 0.2) is 0 Å². The summed E-state index contributed by atoms with van der Waals surface area (Å²) >= 11 is 0. The lowest BCUT2D eigenvalue weighted by atomic mass is 10.1. The summed E-state index contributed by atoms with van der Waals surface area (Å²) in [6.07, 6.45) is -3.53. The highest BCUT2D eigenvalue weighted by Crippen LogP contribution is 2.41. The second kappa shape index (κ2) is 5.11. The maximum atomic E-state index is 13.1. The summed E-state index contributed by atoms with van der Waals surface area (Å²) in [5.74, 6) is -0.729. The van der Waals surface area contributed by atoms with Gasteiger partial charge in [-0.05, 0) is 31.9 Å². The quantitative estimate of drug-likeness (QED) is 0.622. The van der Waals surface area contributed by atoms with Gasteiger partial charge in [-0.25, -0.2) is 4.79 Å². The van der Waals surface area contributed by atoms with Crippen LogP contribution in [0.1, 0.15) is 30.1 Å². The summed E-state index contributed by atoms with van der Waals surface area (Å²) in [5.41, 5.74) is -0.176. The molecule has 0 amide bonds. The minimum absolute atomic E-state index is 0.0476. The van der Waals surface area contributed by atoms with Crippen LogP contribution in [-0.4, -0.2) is 24.9 Å². The molecule has 0 heterocycles. The van der Waals surface area contributed by atoms with Crippen LogP contribution in [0.2, 0.25) is 0 Å². The molecule has 0 unspecified atom stereocenters. The van der Waals surface area contributed by atoms with Crippen LogP contribution in [0, 0.1) is 0 Å². The number of nitrogens with zero attached hydrogens (tertiary/aromatic N) is 1. The first kappa shape index (κ1) is 13.7. The van der Waals surface area contributed by atoms with E-state index < -0.39 is 18.3 Å². The summed E-state index contributed by atoms with van der Waals surface area (Å²) in [6, 6.07) is 5.10. The van der Waals surface area contributed by atoms with E-state index in [1.54, 1.807) is 6.92 Å². The molecular weight excluding hydrogens is 259 g/mol. The van der Waals surface area contributed by atoms with Gasteiger partial charge in [0.05, 0.1) is 17.9 Å². The number of halogens is 3. The predicted molar refractivity (Wildman–Crippen MR) is 64.0 cm³/mol. The van der Waals surface area contributed by atoms with E-state index in [0.29, 0.717) is 17.7 Å². The van der Waals surface area contributed by atoms with Crippen LogP contribution >= 0.6 is 0 Å². The second-order valence-electron chi connectivity index (χ2n) is 4.31. The standard InChI is InChI=1S/C13H14F3NO2/c1-2-19-12(18)10-5-3-4-6-11(10)17(9-7-8-9)13(14,15)16/h3-6,9H,2,7-8H2,1H3. The van der Waals surface area contributed by atoms with E-state index in [0.717, 1.165) is 0 Å². The molecule has 1 aromatic carbocycles. The largest absolute Gasteiger partial charge is 0.485 e. The zero-order valence-electron chi connectivity index (χ0n) is 10.4. The van der Waals surface area contributed by atoms with Crippen LogP contribution in [-0.2, 0) is 4.74 Å². The van der Waals surface area contributed by atoms with E-state index >= 15 is 0 Å². The highest BCUT2D eigenvalue weighted by atomic mass is 19.4. The first-order chi connectivity index (χ1) is 8.95. The van der Waals surface area contributed by atoms with Gasteiger partial charge in [-0.15, -0.1) is 0 Å². The molecule has 6 heteroatoms. The van der Waals surface area contributed by atoms with Gasteiger partial charge in [0.1, 0.15) is 0 Å². The second-order valence-corrected chi connectivity index (χ2v) is 4.31. The van der Waals surface area contributed by atoms with E-state index in [1.807, 2.05) is 0 Å². The Labute approximate surface area is 109 Å². The van der Waals surface area contributed by atoms with Crippen molar-refractivity contribution in [3.63, 3.8) is 0 Å². The molecule has 0 aromatic heterocycles. The first-order valence-corrected chi connectivity index (χ1v) is 6.07. The lowest BCUT2D eigenvalue weighted by molar-refractivity contribution is -0.130. The first-order valence-electron chi connectivity index (χ1n) is 6.07. The van der Waals surface area contributed by atoms with Gasteiger partial charge in [0.2, 0.25) is 0 Å². The number of anilines is 1. The minimum Gasteiger partial charge on any atom is -0.462 e. The minimum atomic E-state index is -4.50. The molecule has 104 valence electrons. The molecule has 1 aliphatic carbocycles. The van der Waals surface area contributed by atoms with Gasteiger partial charge in [-0.3, -0.25) is 4.90 Å². The predicted octanol–water partition coefficient (Wildman–Crippen LogP) is 3.35. The van der Waals surface area contributed by atoms with Crippen molar-refractivity contribution < 1.29 is 22.7 Å². The number of carbonyl (C=O) groups is 1. The van der Waals surface area contributed by atoms with Gasteiger partial charge in [0, 0.05) is 6.04 Å². The highest BCUT2D eigenvalue weighted by molar-refractivity contribution is 5.96. The van der Waals surface area contributed by atoms with E-state index in [-0.39, 0.29) is 17.9 Å². The molecule has 2 rings (SSSR count). The summed E-state index contributed by atoms with van der Waals surface area (Å²) in [6.45, 7) is 1.74. The van der Waals surface area contributed by atoms with Crippen molar-refractivity contribution in [2.24, 2.45) is 0 Å². The fraction of sp³-hybridized carbons (Fsp3) is 0.462. The Morgan fingerprint density at radius 2 is 2.00 bits per heavy atom.